The average Bonchev–Trinajstić information content (AvgIpc) is 2.14. The number of hydrogen-bond donors (Lipinski definition) is 1. The average molecular weight is 119 g/mol. The molecule has 0 aromatic rings. The van der Waals surface area contributed by atoms with Crippen molar-refractivity contribution in [3.63, 3.8) is 0 Å². The number of rotatable bonds is 1. The first-order valence-electron chi connectivity index (χ1n) is 2.56. The molecule has 3 heteroatoms. The molecule has 1 heterocycles. The van der Waals surface area contributed by atoms with E-state index in [4.69, 9.17) is 5.11 Å². The number of halogens is 1. The summed E-state index contributed by atoms with van der Waals surface area (Å²) in [5.74, 6) is 0. The summed E-state index contributed by atoms with van der Waals surface area (Å²) in [5.41, 5.74) is 0. The Morgan fingerprint density at radius 1 is 1.88 bits per heavy atom. The van der Waals surface area contributed by atoms with E-state index in [0.717, 1.165) is 6.61 Å². The van der Waals surface area contributed by atoms with Gasteiger partial charge in [-0.1, -0.05) is 0 Å². The zero-order valence-corrected chi connectivity index (χ0v) is 4.38. The first-order valence-corrected chi connectivity index (χ1v) is 2.56. The number of hydrogen-bond acceptors (Lipinski definition) is 2. The highest BCUT2D eigenvalue weighted by molar-refractivity contribution is 4.79. The van der Waals surface area contributed by atoms with Crippen LogP contribution in [0.3, 0.4) is 0 Å². The summed E-state index contributed by atoms with van der Waals surface area (Å²) >= 11 is 0. The largest absolute Gasteiger partial charge is 0.394 e. The van der Waals surface area contributed by atoms with Crippen molar-refractivity contribution in [2.24, 2.45) is 0 Å². The van der Waals surface area contributed by atoms with Crippen LogP contribution in [0.25, 0.3) is 0 Å². The molecule has 0 spiro atoms. The van der Waals surface area contributed by atoms with Crippen molar-refractivity contribution in [2.75, 3.05) is 6.61 Å². The van der Waals surface area contributed by atoms with E-state index in [1.165, 1.54) is 0 Å². The quantitative estimate of drug-likeness (QED) is 0.536. The molecule has 1 radical (unpaired) electrons. The summed E-state index contributed by atoms with van der Waals surface area (Å²) in [5, 5.41) is 8.37. The van der Waals surface area contributed by atoms with E-state index in [0.29, 0.717) is 6.42 Å². The first kappa shape index (κ1) is 5.98. The minimum atomic E-state index is -0.979. The maximum Gasteiger partial charge on any atom is 0.131 e. The molecule has 1 N–H and O–H groups in total. The van der Waals surface area contributed by atoms with E-state index in [-0.39, 0.29) is 12.7 Å². The summed E-state index contributed by atoms with van der Waals surface area (Å²) in [4.78, 5) is 0. The molecule has 0 aromatic heterocycles. The molecule has 0 saturated carbocycles. The van der Waals surface area contributed by atoms with Gasteiger partial charge in [0.25, 0.3) is 0 Å². The molecule has 0 unspecified atom stereocenters. The number of aliphatic hydroxyl groups is 1. The Kier molecular flexibility index (Phi) is 1.81. The van der Waals surface area contributed by atoms with Gasteiger partial charge in [-0.05, 0) is 0 Å². The van der Waals surface area contributed by atoms with Crippen molar-refractivity contribution >= 4 is 0 Å². The maximum absolute atomic E-state index is 12.1. The van der Waals surface area contributed by atoms with Crippen molar-refractivity contribution in [2.45, 2.75) is 18.7 Å². The molecule has 0 amide bonds. The van der Waals surface area contributed by atoms with Gasteiger partial charge < -0.3 is 9.84 Å². The normalized spacial score (nSPS) is 38.2. The summed E-state index contributed by atoms with van der Waals surface area (Å²) in [6, 6.07) is 0. The number of alkyl halides is 1. The standard InChI is InChI=1S/C5H8FO2/c6-4-1-5(2-7)8-3-4/h3-5,7H,1-2H2/t4-,5+/m1/s1. The van der Waals surface area contributed by atoms with Gasteiger partial charge in [0, 0.05) is 6.42 Å². The van der Waals surface area contributed by atoms with Gasteiger partial charge in [-0.15, -0.1) is 0 Å². The SMILES string of the molecule is OC[C@@H]1C[C@@H](F)[CH]O1. The molecule has 2 nitrogen and oxygen atoms in total. The molecule has 1 aliphatic heterocycles. The first-order chi connectivity index (χ1) is 3.83. The van der Waals surface area contributed by atoms with Crippen LogP contribution < -0.4 is 0 Å². The van der Waals surface area contributed by atoms with E-state index in [1.807, 2.05) is 0 Å². The molecule has 0 aromatic carbocycles. The Bertz CT molecular complexity index is 76.8. The van der Waals surface area contributed by atoms with Gasteiger partial charge >= 0.3 is 0 Å². The van der Waals surface area contributed by atoms with Crippen molar-refractivity contribution in [1.29, 1.82) is 0 Å². The highest BCUT2D eigenvalue weighted by Crippen LogP contribution is 2.18. The van der Waals surface area contributed by atoms with Gasteiger partial charge in [0.1, 0.15) is 12.8 Å². The third kappa shape index (κ3) is 1.17. The number of ether oxygens (including phenoxy) is 1. The lowest BCUT2D eigenvalue weighted by Gasteiger charge is -1.99. The Labute approximate surface area is 47.3 Å². The Balaban J connectivity index is 2.22. The molecule has 0 bridgehead atoms. The van der Waals surface area contributed by atoms with Crippen LogP contribution in [0, 0.1) is 6.61 Å². The smallest absolute Gasteiger partial charge is 0.131 e. The van der Waals surface area contributed by atoms with Gasteiger partial charge in [0.2, 0.25) is 0 Å². The fourth-order valence-corrected chi connectivity index (χ4v) is 0.676. The van der Waals surface area contributed by atoms with Gasteiger partial charge in [0.15, 0.2) is 0 Å². The topological polar surface area (TPSA) is 29.5 Å². The predicted molar refractivity (Wildman–Crippen MR) is 25.8 cm³/mol. The van der Waals surface area contributed by atoms with Crippen LogP contribution in [0.15, 0.2) is 0 Å². The Hall–Kier alpha value is -0.150. The molecule has 47 valence electrons. The Morgan fingerprint density at radius 2 is 2.62 bits per heavy atom. The van der Waals surface area contributed by atoms with Crippen molar-refractivity contribution in [3.05, 3.63) is 6.61 Å². The van der Waals surface area contributed by atoms with Gasteiger partial charge in [-0.3, -0.25) is 0 Å². The lowest BCUT2D eigenvalue weighted by Crippen LogP contribution is -2.09. The van der Waals surface area contributed by atoms with E-state index in [9.17, 15) is 4.39 Å². The van der Waals surface area contributed by atoms with E-state index in [1.54, 1.807) is 0 Å². The summed E-state index contributed by atoms with van der Waals surface area (Å²) < 4.78 is 16.7. The summed E-state index contributed by atoms with van der Waals surface area (Å²) in [6.45, 7) is 1.04. The van der Waals surface area contributed by atoms with Crippen LogP contribution in [0.4, 0.5) is 4.39 Å². The van der Waals surface area contributed by atoms with Gasteiger partial charge in [-0.2, -0.15) is 0 Å². The fourth-order valence-electron chi connectivity index (χ4n) is 0.676. The van der Waals surface area contributed by atoms with Crippen LogP contribution >= 0.6 is 0 Å². The van der Waals surface area contributed by atoms with Crippen LogP contribution in [0.1, 0.15) is 6.42 Å². The third-order valence-electron chi connectivity index (χ3n) is 1.11. The third-order valence-corrected chi connectivity index (χ3v) is 1.11. The Morgan fingerprint density at radius 3 is 2.88 bits per heavy atom. The molecular weight excluding hydrogens is 111 g/mol. The monoisotopic (exact) mass is 119 g/mol. The zero-order chi connectivity index (χ0) is 5.98. The van der Waals surface area contributed by atoms with E-state index < -0.39 is 6.17 Å². The van der Waals surface area contributed by atoms with Crippen molar-refractivity contribution in [3.8, 4) is 0 Å². The molecule has 1 aliphatic rings. The minimum Gasteiger partial charge on any atom is -0.394 e. The molecule has 1 fully saturated rings. The van der Waals surface area contributed by atoms with E-state index in [2.05, 4.69) is 4.74 Å². The lowest BCUT2D eigenvalue weighted by atomic mass is 10.2. The second-order valence-electron chi connectivity index (χ2n) is 1.83. The fraction of sp³-hybridized carbons (Fsp3) is 0.800. The van der Waals surface area contributed by atoms with E-state index >= 15 is 0 Å². The molecule has 1 rings (SSSR count). The zero-order valence-electron chi connectivity index (χ0n) is 4.38. The van der Waals surface area contributed by atoms with Crippen LogP contribution in [-0.2, 0) is 4.74 Å². The summed E-state index contributed by atoms with van der Waals surface area (Å²) in [6.07, 6.45) is -0.978. The molecule has 2 atom stereocenters. The minimum absolute atomic E-state index is 0.0864. The van der Waals surface area contributed by atoms with Gasteiger partial charge in [0.05, 0.1) is 12.7 Å². The second-order valence-corrected chi connectivity index (χ2v) is 1.83. The molecule has 8 heavy (non-hydrogen) atoms. The molecular formula is C5H8FO2. The maximum atomic E-state index is 12.1. The van der Waals surface area contributed by atoms with Crippen molar-refractivity contribution in [1.82, 2.24) is 0 Å². The van der Waals surface area contributed by atoms with Crippen LogP contribution in [-0.4, -0.2) is 24.0 Å². The van der Waals surface area contributed by atoms with Crippen LogP contribution in [0.2, 0.25) is 0 Å². The molecule has 0 aliphatic carbocycles. The van der Waals surface area contributed by atoms with Crippen molar-refractivity contribution < 1.29 is 14.2 Å². The van der Waals surface area contributed by atoms with Crippen LogP contribution in [0.5, 0.6) is 0 Å². The molecule has 1 saturated heterocycles. The number of aliphatic hydroxyl groups excluding tert-OH is 1. The predicted octanol–water partition coefficient (Wildman–Crippen LogP) is 0.267. The summed E-state index contributed by atoms with van der Waals surface area (Å²) in [7, 11) is 0. The highest BCUT2D eigenvalue weighted by Gasteiger charge is 2.24. The lowest BCUT2D eigenvalue weighted by molar-refractivity contribution is 0.0866. The highest BCUT2D eigenvalue weighted by atomic mass is 19.1. The van der Waals surface area contributed by atoms with Gasteiger partial charge in [-0.25, -0.2) is 4.39 Å². The second kappa shape index (κ2) is 2.42.